The van der Waals surface area contributed by atoms with Crippen LogP contribution in [0.25, 0.3) is 0 Å². The number of rotatable bonds is 7. The van der Waals surface area contributed by atoms with E-state index in [9.17, 15) is 0 Å². The Hall–Kier alpha value is -1.85. The molecule has 5 heteroatoms. The van der Waals surface area contributed by atoms with E-state index in [2.05, 4.69) is 35.4 Å². The number of ether oxygens (including phenoxy) is 2. The Morgan fingerprint density at radius 3 is 2.62 bits per heavy atom. The molecule has 1 aliphatic rings. The summed E-state index contributed by atoms with van der Waals surface area (Å²) in [7, 11) is 0. The molecule has 3 rings (SSSR count). The average Bonchev–Trinajstić information content (AvgIpc) is 2.76. The van der Waals surface area contributed by atoms with Crippen LogP contribution in [0.4, 0.5) is 11.4 Å². The molecule has 0 spiro atoms. The van der Waals surface area contributed by atoms with Gasteiger partial charge in [-0.3, -0.25) is 0 Å². The first-order valence-electron chi connectivity index (χ1n) is 10.8. The number of fused-ring (bicyclic) bond motifs is 2. The minimum atomic E-state index is 0.525. The maximum absolute atomic E-state index is 5.93. The molecule has 2 aromatic rings. The molecule has 29 heavy (non-hydrogen) atoms. The fraction of sp³-hybridized carbons (Fsp3) is 0.500. The highest BCUT2D eigenvalue weighted by Crippen LogP contribution is 2.34. The van der Waals surface area contributed by atoms with Crippen LogP contribution < -0.4 is 4.74 Å². The monoisotopic (exact) mass is 412 g/mol. The lowest BCUT2D eigenvalue weighted by atomic mass is 10.0. The highest BCUT2D eigenvalue weighted by molar-refractivity contribution is 7.99. The Bertz CT molecular complexity index is 779. The molecule has 156 valence electrons. The summed E-state index contributed by atoms with van der Waals surface area (Å²) in [5.41, 5.74) is 2.99. The van der Waals surface area contributed by atoms with E-state index in [1.165, 1.54) is 44.1 Å². The van der Waals surface area contributed by atoms with E-state index in [1.54, 1.807) is 11.8 Å². The van der Waals surface area contributed by atoms with Crippen LogP contribution in [0.15, 0.2) is 57.6 Å². The highest BCUT2D eigenvalue weighted by Gasteiger charge is 2.08. The number of hydrogen-bond donors (Lipinski definition) is 0. The number of unbranched alkanes of at least 4 members (excludes halogenated alkanes) is 5. The first kappa shape index (κ1) is 21.8. The molecule has 0 fully saturated rings. The van der Waals surface area contributed by atoms with Gasteiger partial charge in [-0.2, -0.15) is 0 Å². The van der Waals surface area contributed by atoms with E-state index in [0.717, 1.165) is 34.2 Å². The predicted octanol–water partition coefficient (Wildman–Crippen LogP) is 7.51. The van der Waals surface area contributed by atoms with Crippen LogP contribution in [-0.2, 0) is 11.2 Å². The summed E-state index contributed by atoms with van der Waals surface area (Å²) in [5, 5.41) is 9.12. The van der Waals surface area contributed by atoms with Gasteiger partial charge < -0.3 is 9.47 Å². The second-order valence-electron chi connectivity index (χ2n) is 7.30. The van der Waals surface area contributed by atoms with E-state index in [1.807, 2.05) is 24.3 Å². The van der Waals surface area contributed by atoms with Gasteiger partial charge in [-0.25, -0.2) is 0 Å². The van der Waals surface area contributed by atoms with Crippen molar-refractivity contribution in [2.75, 3.05) is 25.6 Å². The smallest absolute Gasteiger partial charge is 0.146 e. The van der Waals surface area contributed by atoms with Gasteiger partial charge in [-0.15, -0.1) is 22.0 Å². The topological polar surface area (TPSA) is 43.2 Å². The number of thioether (sulfide) groups is 1. The normalized spacial score (nSPS) is 14.7. The van der Waals surface area contributed by atoms with Crippen LogP contribution in [0.3, 0.4) is 0 Å². The van der Waals surface area contributed by atoms with Crippen molar-refractivity contribution in [1.82, 2.24) is 0 Å². The number of nitrogens with zero attached hydrogens (tertiary/aromatic N) is 2. The van der Waals surface area contributed by atoms with Gasteiger partial charge >= 0.3 is 0 Å². The molecular formula is C24H32N2O2S. The van der Waals surface area contributed by atoms with Crippen molar-refractivity contribution in [1.29, 1.82) is 0 Å². The molecule has 0 aliphatic carbocycles. The van der Waals surface area contributed by atoms with E-state index in [0.29, 0.717) is 19.8 Å². The molecule has 2 aromatic carbocycles. The van der Waals surface area contributed by atoms with E-state index >= 15 is 0 Å². The lowest BCUT2D eigenvalue weighted by Gasteiger charge is -2.10. The van der Waals surface area contributed by atoms with Crippen molar-refractivity contribution < 1.29 is 9.47 Å². The lowest BCUT2D eigenvalue weighted by molar-refractivity contribution is 0.112. The first-order valence-corrected chi connectivity index (χ1v) is 11.8. The van der Waals surface area contributed by atoms with Crippen LogP contribution in [0.1, 0.15) is 51.0 Å². The summed E-state index contributed by atoms with van der Waals surface area (Å²) in [6.45, 7) is 4.06. The molecule has 0 saturated carbocycles. The van der Waals surface area contributed by atoms with E-state index in [-0.39, 0.29) is 0 Å². The van der Waals surface area contributed by atoms with Gasteiger partial charge in [0, 0.05) is 10.6 Å². The third-order valence-corrected chi connectivity index (χ3v) is 5.97. The van der Waals surface area contributed by atoms with Crippen molar-refractivity contribution in [3.63, 3.8) is 0 Å². The summed E-state index contributed by atoms with van der Waals surface area (Å²) >= 11 is 1.75. The Morgan fingerprint density at radius 2 is 1.69 bits per heavy atom. The SMILES string of the molecule is CCCCCCCCc1ccc2c(c1)N=Nc1ccccc1SCCOCCO2. The summed E-state index contributed by atoms with van der Waals surface area (Å²) in [5.74, 6) is 1.66. The summed E-state index contributed by atoms with van der Waals surface area (Å²) < 4.78 is 11.6. The van der Waals surface area contributed by atoms with Crippen molar-refractivity contribution in [3.05, 3.63) is 48.0 Å². The quantitative estimate of drug-likeness (QED) is 0.442. The number of aryl methyl sites for hydroxylation is 1. The third kappa shape index (κ3) is 7.48. The molecule has 0 amide bonds. The lowest BCUT2D eigenvalue weighted by Crippen LogP contribution is -2.08. The zero-order valence-electron chi connectivity index (χ0n) is 17.4. The molecule has 0 atom stereocenters. The molecule has 1 aliphatic heterocycles. The van der Waals surface area contributed by atoms with Crippen molar-refractivity contribution in [3.8, 4) is 5.75 Å². The molecule has 0 saturated heterocycles. The predicted molar refractivity (Wildman–Crippen MR) is 121 cm³/mol. The van der Waals surface area contributed by atoms with Gasteiger partial charge in [0.1, 0.15) is 18.0 Å². The van der Waals surface area contributed by atoms with Crippen molar-refractivity contribution in [2.24, 2.45) is 10.2 Å². The number of azo groups is 1. The molecule has 1 heterocycles. The molecule has 0 aromatic heterocycles. The van der Waals surface area contributed by atoms with Gasteiger partial charge in [0.2, 0.25) is 0 Å². The van der Waals surface area contributed by atoms with E-state index in [4.69, 9.17) is 9.47 Å². The maximum atomic E-state index is 5.93. The van der Waals surface area contributed by atoms with Crippen LogP contribution >= 0.6 is 11.8 Å². The fourth-order valence-electron chi connectivity index (χ4n) is 3.32. The van der Waals surface area contributed by atoms with Crippen molar-refractivity contribution >= 4 is 23.1 Å². The molecule has 4 nitrogen and oxygen atoms in total. The molecule has 0 N–H and O–H groups in total. The minimum absolute atomic E-state index is 0.525. The summed E-state index contributed by atoms with van der Waals surface area (Å²) in [4.78, 5) is 1.13. The zero-order chi connectivity index (χ0) is 20.2. The Labute approximate surface area is 179 Å². The van der Waals surface area contributed by atoms with Crippen LogP contribution in [-0.4, -0.2) is 25.6 Å². The molecular weight excluding hydrogens is 380 g/mol. The fourth-order valence-corrected chi connectivity index (χ4v) is 4.17. The molecule has 0 radical (unpaired) electrons. The number of benzene rings is 2. The van der Waals surface area contributed by atoms with Crippen LogP contribution in [0.2, 0.25) is 0 Å². The van der Waals surface area contributed by atoms with E-state index < -0.39 is 0 Å². The second-order valence-corrected chi connectivity index (χ2v) is 8.43. The van der Waals surface area contributed by atoms with Gasteiger partial charge in [-0.1, -0.05) is 57.2 Å². The van der Waals surface area contributed by atoms with Crippen molar-refractivity contribution in [2.45, 2.75) is 56.8 Å². The zero-order valence-corrected chi connectivity index (χ0v) is 18.3. The van der Waals surface area contributed by atoms with Crippen LogP contribution in [0.5, 0.6) is 5.75 Å². The van der Waals surface area contributed by atoms with Crippen LogP contribution in [0, 0.1) is 0 Å². The Kier molecular flexibility index (Phi) is 9.54. The maximum Gasteiger partial charge on any atom is 0.146 e. The highest BCUT2D eigenvalue weighted by atomic mass is 32.2. The summed E-state index contributed by atoms with van der Waals surface area (Å²) in [6.07, 6.45) is 8.90. The summed E-state index contributed by atoms with van der Waals surface area (Å²) in [6, 6.07) is 14.4. The standard InChI is InChI=1S/C24H32N2O2S/c1-2-3-4-5-6-7-10-20-13-14-23-22(19-20)26-25-21-11-8-9-12-24(21)29-18-17-27-15-16-28-23/h8-9,11-14,19H,2-7,10,15-18H2,1H3. The Balaban J connectivity index is 1.72. The third-order valence-electron chi connectivity index (χ3n) is 4.94. The first-order chi connectivity index (χ1) is 14.4. The average molecular weight is 413 g/mol. The second kappa shape index (κ2) is 12.7. The van der Waals surface area contributed by atoms with Gasteiger partial charge in [0.15, 0.2) is 0 Å². The van der Waals surface area contributed by atoms with Gasteiger partial charge in [0.05, 0.1) is 18.9 Å². The van der Waals surface area contributed by atoms with Gasteiger partial charge in [-0.05, 0) is 42.7 Å². The largest absolute Gasteiger partial charge is 0.489 e. The Morgan fingerprint density at radius 1 is 0.862 bits per heavy atom. The minimum Gasteiger partial charge on any atom is -0.489 e. The van der Waals surface area contributed by atoms with Gasteiger partial charge in [0.25, 0.3) is 0 Å². The number of hydrogen-bond acceptors (Lipinski definition) is 5. The molecule has 0 bridgehead atoms. The molecule has 0 unspecified atom stereocenters.